The number of benzene rings is 5. The highest BCUT2D eigenvalue weighted by Crippen LogP contribution is 2.42. The number of aryl methyl sites for hydroxylation is 2. The molecule has 0 aliphatic heterocycles. The maximum atomic E-state index is 11.3. The fourth-order valence-electron chi connectivity index (χ4n) is 7.64. The number of rotatable bonds is 3. The Kier molecular flexibility index (Phi) is 7.07. The molecule has 0 aliphatic rings. The molecule has 8 aromatic rings. The van der Waals surface area contributed by atoms with Gasteiger partial charge in [-0.2, -0.15) is 5.26 Å². The molecule has 0 spiro atoms. The van der Waals surface area contributed by atoms with Gasteiger partial charge in [-0.25, -0.2) is 0 Å². The predicted molar refractivity (Wildman–Crippen MR) is 210 cm³/mol. The SMILES string of the molecule is Cc1cc(-c2cc(-n3c4ccccc4c4ccc(C(C)(C)C)cc43)c(C#N)c(-n3c4ccccc4c4ccc(C(C)(C)C)cc43)c2)cc(C)n1. The molecule has 0 saturated heterocycles. The minimum absolute atomic E-state index is 0.0413. The molecule has 0 fully saturated rings. The summed E-state index contributed by atoms with van der Waals surface area (Å²) in [6, 6.07) is 42.2. The molecular weight excluding hydrogens is 609 g/mol. The molecule has 4 nitrogen and oxygen atoms in total. The minimum atomic E-state index is -0.0413. The molecule has 0 unspecified atom stereocenters. The monoisotopic (exact) mass is 650 g/mol. The van der Waals surface area contributed by atoms with Gasteiger partial charge in [-0.3, -0.25) is 4.98 Å². The van der Waals surface area contributed by atoms with Crippen molar-refractivity contribution in [2.45, 2.75) is 66.2 Å². The van der Waals surface area contributed by atoms with Crippen molar-refractivity contribution in [1.29, 1.82) is 5.26 Å². The van der Waals surface area contributed by atoms with Crippen LogP contribution in [-0.4, -0.2) is 14.1 Å². The van der Waals surface area contributed by atoms with Gasteiger partial charge in [0.2, 0.25) is 0 Å². The Bertz CT molecular complexity index is 2520. The fraction of sp³-hybridized carbons (Fsp3) is 0.217. The number of nitrogens with zero attached hydrogens (tertiary/aromatic N) is 4. The van der Waals surface area contributed by atoms with E-state index in [2.05, 4.69) is 166 Å². The summed E-state index contributed by atoms with van der Waals surface area (Å²) in [5, 5.41) is 16.0. The van der Waals surface area contributed by atoms with E-state index in [9.17, 15) is 5.26 Å². The summed E-state index contributed by atoms with van der Waals surface area (Å²) in [7, 11) is 0. The molecule has 3 heterocycles. The van der Waals surface area contributed by atoms with E-state index in [1.807, 2.05) is 13.8 Å². The van der Waals surface area contributed by atoms with Crippen molar-refractivity contribution >= 4 is 43.6 Å². The van der Waals surface area contributed by atoms with Gasteiger partial charge < -0.3 is 9.13 Å². The van der Waals surface area contributed by atoms with Gasteiger partial charge in [0.05, 0.1) is 33.4 Å². The van der Waals surface area contributed by atoms with Gasteiger partial charge in [-0.1, -0.05) is 102 Å². The first-order valence-corrected chi connectivity index (χ1v) is 17.5. The molecule has 0 aliphatic carbocycles. The van der Waals surface area contributed by atoms with Gasteiger partial charge in [0.15, 0.2) is 0 Å². The number of hydrogen-bond acceptors (Lipinski definition) is 2. The lowest BCUT2D eigenvalue weighted by Gasteiger charge is -2.21. The molecule has 0 atom stereocenters. The van der Waals surface area contributed by atoms with Crippen molar-refractivity contribution in [3.8, 4) is 28.6 Å². The number of pyridine rings is 1. The van der Waals surface area contributed by atoms with Crippen LogP contribution in [0, 0.1) is 25.2 Å². The van der Waals surface area contributed by atoms with Crippen LogP contribution < -0.4 is 0 Å². The molecule has 0 radical (unpaired) electrons. The lowest BCUT2D eigenvalue weighted by Crippen LogP contribution is -2.11. The fourth-order valence-corrected chi connectivity index (χ4v) is 7.64. The molecule has 4 heteroatoms. The maximum absolute atomic E-state index is 11.3. The standard InChI is InChI=1S/C46H42N4/c1-28-21-30(22-29(2)48-28)31-23-41(49-39-15-11-9-13-34(39)36-19-17-32(25-43(36)49)45(3,4)5)38(27-47)42(24-31)50-40-16-12-10-14-35(40)37-20-18-33(26-44(37)50)46(6,7)8/h9-26H,1-8H3. The zero-order valence-electron chi connectivity index (χ0n) is 30.2. The van der Waals surface area contributed by atoms with Crippen LogP contribution in [0.5, 0.6) is 0 Å². The molecule has 246 valence electrons. The second-order valence-electron chi connectivity index (χ2n) is 15.8. The summed E-state index contributed by atoms with van der Waals surface area (Å²) in [4.78, 5) is 4.70. The van der Waals surface area contributed by atoms with Crippen LogP contribution in [0.3, 0.4) is 0 Å². The smallest absolute Gasteiger partial charge is 0.104 e. The molecule has 8 rings (SSSR count). The van der Waals surface area contributed by atoms with Crippen LogP contribution >= 0.6 is 0 Å². The van der Waals surface area contributed by atoms with Gasteiger partial charge in [0.25, 0.3) is 0 Å². The van der Waals surface area contributed by atoms with E-state index in [0.717, 1.165) is 56.0 Å². The van der Waals surface area contributed by atoms with Gasteiger partial charge in [0.1, 0.15) is 11.6 Å². The summed E-state index contributed by atoms with van der Waals surface area (Å²) in [6.45, 7) is 17.6. The normalized spacial score (nSPS) is 12.4. The molecule has 50 heavy (non-hydrogen) atoms. The third-order valence-electron chi connectivity index (χ3n) is 10.2. The van der Waals surface area contributed by atoms with Gasteiger partial charge in [-0.15, -0.1) is 0 Å². The second-order valence-corrected chi connectivity index (χ2v) is 15.8. The quantitative estimate of drug-likeness (QED) is 0.191. The highest BCUT2D eigenvalue weighted by Gasteiger charge is 2.25. The average molecular weight is 651 g/mol. The van der Waals surface area contributed by atoms with Gasteiger partial charge >= 0.3 is 0 Å². The Hall–Kier alpha value is -5.66. The van der Waals surface area contributed by atoms with Crippen molar-refractivity contribution in [1.82, 2.24) is 14.1 Å². The predicted octanol–water partition coefficient (Wildman–Crippen LogP) is 12.0. The Balaban J connectivity index is 1.57. The van der Waals surface area contributed by atoms with E-state index >= 15 is 0 Å². The lowest BCUT2D eigenvalue weighted by atomic mass is 9.86. The first-order chi connectivity index (χ1) is 23.8. The van der Waals surface area contributed by atoms with E-state index in [-0.39, 0.29) is 10.8 Å². The van der Waals surface area contributed by atoms with Crippen LogP contribution in [0.4, 0.5) is 0 Å². The molecule has 3 aromatic heterocycles. The van der Waals surface area contributed by atoms with Crippen molar-refractivity contribution in [3.63, 3.8) is 0 Å². The first-order valence-electron chi connectivity index (χ1n) is 17.5. The van der Waals surface area contributed by atoms with E-state index in [4.69, 9.17) is 4.98 Å². The maximum Gasteiger partial charge on any atom is 0.104 e. The van der Waals surface area contributed by atoms with Gasteiger partial charge in [-0.05, 0) is 95.5 Å². The zero-order valence-corrected chi connectivity index (χ0v) is 30.2. The number of fused-ring (bicyclic) bond motifs is 6. The van der Waals surface area contributed by atoms with Crippen LogP contribution in [-0.2, 0) is 10.8 Å². The van der Waals surface area contributed by atoms with Crippen LogP contribution in [0.25, 0.3) is 66.1 Å². The highest BCUT2D eigenvalue weighted by molar-refractivity contribution is 6.11. The zero-order chi connectivity index (χ0) is 35.1. The van der Waals surface area contributed by atoms with E-state index in [0.29, 0.717) is 5.56 Å². The summed E-state index contributed by atoms with van der Waals surface area (Å²) >= 11 is 0. The Labute approximate surface area is 294 Å². The van der Waals surface area contributed by atoms with E-state index in [1.54, 1.807) is 0 Å². The molecule has 0 saturated carbocycles. The molecular formula is C46H42N4. The number of nitriles is 1. The van der Waals surface area contributed by atoms with Crippen LogP contribution in [0.1, 0.15) is 69.6 Å². The minimum Gasteiger partial charge on any atom is -0.308 e. The highest BCUT2D eigenvalue weighted by atomic mass is 15.0. The third-order valence-corrected chi connectivity index (χ3v) is 10.2. The summed E-state index contributed by atoms with van der Waals surface area (Å²) in [6.07, 6.45) is 0. The molecule has 0 amide bonds. The number of aromatic nitrogens is 3. The van der Waals surface area contributed by atoms with Crippen LogP contribution in [0.15, 0.2) is 109 Å². The van der Waals surface area contributed by atoms with Crippen molar-refractivity contribution in [2.24, 2.45) is 0 Å². The topological polar surface area (TPSA) is 46.5 Å². The van der Waals surface area contributed by atoms with Gasteiger partial charge in [0, 0.05) is 32.9 Å². The Morgan fingerprint density at radius 1 is 0.500 bits per heavy atom. The average Bonchev–Trinajstić information content (AvgIpc) is 3.58. The van der Waals surface area contributed by atoms with Crippen molar-refractivity contribution in [3.05, 3.63) is 137 Å². The van der Waals surface area contributed by atoms with E-state index < -0.39 is 0 Å². The number of para-hydroxylation sites is 2. The van der Waals surface area contributed by atoms with Crippen molar-refractivity contribution < 1.29 is 0 Å². The summed E-state index contributed by atoms with van der Waals surface area (Å²) in [5.74, 6) is 0. The molecule has 0 bridgehead atoms. The van der Waals surface area contributed by atoms with Crippen molar-refractivity contribution in [2.75, 3.05) is 0 Å². The molecule has 5 aromatic carbocycles. The molecule has 0 N–H and O–H groups in total. The largest absolute Gasteiger partial charge is 0.308 e. The Morgan fingerprint density at radius 2 is 0.900 bits per heavy atom. The number of hydrogen-bond donors (Lipinski definition) is 0. The third kappa shape index (κ3) is 5.00. The lowest BCUT2D eigenvalue weighted by molar-refractivity contribution is 0.590. The summed E-state index contributed by atoms with van der Waals surface area (Å²) < 4.78 is 4.64. The second kappa shape index (κ2) is 11.2. The summed E-state index contributed by atoms with van der Waals surface area (Å²) in [5.41, 5.74) is 13.2. The van der Waals surface area contributed by atoms with E-state index in [1.165, 1.54) is 32.7 Å². The Morgan fingerprint density at radius 3 is 1.32 bits per heavy atom. The first kappa shape index (κ1) is 31.6. The van der Waals surface area contributed by atoms with Crippen LogP contribution in [0.2, 0.25) is 0 Å².